The van der Waals surface area contributed by atoms with Crippen LogP contribution < -0.4 is 32.3 Å². The van der Waals surface area contributed by atoms with Crippen molar-refractivity contribution in [3.63, 3.8) is 0 Å². The first-order chi connectivity index (χ1) is 16.5. The summed E-state index contributed by atoms with van der Waals surface area (Å²) in [6.07, 6.45) is 6.58. The smallest absolute Gasteiger partial charge is 0.260 e. The van der Waals surface area contributed by atoms with E-state index in [0.717, 1.165) is 12.8 Å². The quantitative estimate of drug-likeness (QED) is 0.311. The molecule has 10 heteroatoms. The van der Waals surface area contributed by atoms with Gasteiger partial charge in [-0.05, 0) is 55.7 Å². The lowest BCUT2D eigenvalue weighted by Gasteiger charge is -2.24. The number of carbonyl (C=O) groups is 2. The van der Waals surface area contributed by atoms with E-state index < -0.39 is 6.04 Å². The number of nitrogens with zero attached hydrogens (tertiary/aromatic N) is 2. The molecule has 10 nitrogen and oxygen atoms in total. The van der Waals surface area contributed by atoms with Gasteiger partial charge in [0.15, 0.2) is 6.29 Å². The lowest BCUT2D eigenvalue weighted by molar-refractivity contribution is -0.117. The minimum Gasteiger partial charge on any atom is -0.370 e. The second-order valence-electron chi connectivity index (χ2n) is 7.90. The summed E-state index contributed by atoms with van der Waals surface area (Å²) in [5, 5.41) is 15.3. The number of rotatable bonds is 10. The van der Waals surface area contributed by atoms with Crippen molar-refractivity contribution in [2.45, 2.75) is 39.0 Å². The third-order valence-electron chi connectivity index (χ3n) is 4.99. The predicted molar refractivity (Wildman–Crippen MR) is 134 cm³/mol. The van der Waals surface area contributed by atoms with Crippen molar-refractivity contribution in [3.05, 3.63) is 66.1 Å². The molecule has 7 N–H and O–H groups in total. The Bertz CT molecular complexity index is 1040. The number of aromatic nitrogens is 1. The number of nitrogens with one attached hydrogen (secondary N) is 5. The van der Waals surface area contributed by atoms with Crippen molar-refractivity contribution in [1.29, 1.82) is 0 Å². The molecule has 1 unspecified atom stereocenters. The van der Waals surface area contributed by atoms with Crippen LogP contribution in [0.5, 0.6) is 0 Å². The highest BCUT2D eigenvalue weighted by atomic mass is 16.2. The Morgan fingerprint density at radius 3 is 2.56 bits per heavy atom. The highest BCUT2D eigenvalue weighted by Crippen LogP contribution is 2.17. The maximum Gasteiger partial charge on any atom is 0.260 e. The zero-order chi connectivity index (χ0) is 24.3. The number of carbonyl (C=O) groups excluding carboxylic acids is 2. The molecule has 3 rings (SSSR count). The Morgan fingerprint density at radius 1 is 1.12 bits per heavy atom. The van der Waals surface area contributed by atoms with Crippen LogP contribution in [0.25, 0.3) is 0 Å². The summed E-state index contributed by atoms with van der Waals surface area (Å²) in [5.41, 5.74) is 8.27. The molecule has 2 heterocycles. The second kappa shape index (κ2) is 12.5. The Balaban J connectivity index is 1.62. The van der Waals surface area contributed by atoms with Crippen LogP contribution in [0.15, 0.2) is 65.6 Å². The molecule has 0 fully saturated rings. The molecule has 0 bridgehead atoms. The van der Waals surface area contributed by atoms with Crippen LogP contribution in [0, 0.1) is 0 Å². The van der Waals surface area contributed by atoms with Crippen molar-refractivity contribution < 1.29 is 9.59 Å². The minimum absolute atomic E-state index is 0.302. The Labute approximate surface area is 199 Å². The van der Waals surface area contributed by atoms with E-state index in [9.17, 15) is 9.59 Å². The molecule has 0 saturated heterocycles. The first-order valence-electron chi connectivity index (χ1n) is 11.3. The van der Waals surface area contributed by atoms with Gasteiger partial charge in [-0.2, -0.15) is 0 Å². The zero-order valence-corrected chi connectivity index (χ0v) is 19.5. The summed E-state index contributed by atoms with van der Waals surface area (Å²) < 4.78 is 0. The van der Waals surface area contributed by atoms with Gasteiger partial charge < -0.3 is 27.0 Å². The minimum atomic E-state index is -0.633. The van der Waals surface area contributed by atoms with Gasteiger partial charge >= 0.3 is 0 Å². The molecule has 1 aliphatic heterocycles. The number of pyridine rings is 1. The summed E-state index contributed by atoms with van der Waals surface area (Å²) >= 11 is 0. The van der Waals surface area contributed by atoms with E-state index in [2.05, 4.69) is 36.6 Å². The van der Waals surface area contributed by atoms with E-state index in [-0.39, 0.29) is 18.1 Å². The maximum absolute atomic E-state index is 13.0. The molecule has 0 saturated carbocycles. The normalized spacial score (nSPS) is 15.9. The monoisotopic (exact) mass is 464 g/mol. The van der Waals surface area contributed by atoms with E-state index in [1.54, 1.807) is 49.8 Å². The van der Waals surface area contributed by atoms with Gasteiger partial charge in [0.1, 0.15) is 5.84 Å². The molecule has 0 radical (unpaired) electrons. The number of hydrogen-bond acceptors (Lipinski definition) is 8. The molecule has 0 spiro atoms. The van der Waals surface area contributed by atoms with Gasteiger partial charge in [-0.15, -0.1) is 0 Å². The molecule has 1 aromatic carbocycles. The van der Waals surface area contributed by atoms with Gasteiger partial charge in [-0.25, -0.2) is 4.99 Å². The van der Waals surface area contributed by atoms with Crippen molar-refractivity contribution >= 4 is 29.0 Å². The molecule has 1 aromatic heterocycles. The molecule has 180 valence electrons. The molecule has 2 amide bonds. The second-order valence-corrected chi connectivity index (χ2v) is 7.90. The Kier molecular flexibility index (Phi) is 9.12. The highest BCUT2D eigenvalue weighted by Gasteiger charge is 2.22. The van der Waals surface area contributed by atoms with E-state index in [0.29, 0.717) is 35.9 Å². The van der Waals surface area contributed by atoms with E-state index >= 15 is 0 Å². The Hall–Kier alpha value is -3.76. The largest absolute Gasteiger partial charge is 0.370 e. The van der Waals surface area contributed by atoms with Gasteiger partial charge in [0.2, 0.25) is 5.91 Å². The topological polar surface area (TPSA) is 146 Å². The number of anilines is 2. The van der Waals surface area contributed by atoms with Crippen molar-refractivity contribution in [2.75, 3.05) is 23.7 Å². The average molecular weight is 465 g/mol. The van der Waals surface area contributed by atoms with Crippen LogP contribution in [0.4, 0.5) is 11.4 Å². The molecule has 34 heavy (non-hydrogen) atoms. The Morgan fingerprint density at radius 2 is 1.85 bits per heavy atom. The lowest BCUT2D eigenvalue weighted by Crippen LogP contribution is -2.46. The van der Waals surface area contributed by atoms with Crippen LogP contribution in [0.1, 0.15) is 25.8 Å². The molecule has 2 aromatic rings. The summed E-state index contributed by atoms with van der Waals surface area (Å²) in [4.78, 5) is 33.5. The van der Waals surface area contributed by atoms with Gasteiger partial charge in [0, 0.05) is 43.1 Å². The molecular weight excluding hydrogens is 432 g/mol. The highest BCUT2D eigenvalue weighted by molar-refractivity contribution is 6.24. The summed E-state index contributed by atoms with van der Waals surface area (Å²) in [6.45, 7) is 5.05. The van der Waals surface area contributed by atoms with Gasteiger partial charge in [0.05, 0.1) is 11.6 Å². The fourth-order valence-corrected chi connectivity index (χ4v) is 3.16. The van der Waals surface area contributed by atoms with Gasteiger partial charge in [-0.1, -0.05) is 13.0 Å². The molecule has 0 aliphatic carbocycles. The van der Waals surface area contributed by atoms with E-state index in [4.69, 9.17) is 5.73 Å². The SMILES string of the molecule is CCCNC1=NC(NCCc2ccncc2)NC=C1C(=O)Nc1cccc(NC(=O)[C@H](C)N)c1. The van der Waals surface area contributed by atoms with Crippen LogP contribution in [0.2, 0.25) is 0 Å². The van der Waals surface area contributed by atoms with Crippen LogP contribution >= 0.6 is 0 Å². The maximum atomic E-state index is 13.0. The molecule has 1 aliphatic rings. The number of benzene rings is 1. The number of amides is 2. The predicted octanol–water partition coefficient (Wildman–Crippen LogP) is 1.31. The standard InChI is InChI=1S/C24H32N8O2/c1-3-10-27-21-20(15-29-24(32-21)28-13-9-17-7-11-26-12-8-17)23(34)31-19-6-4-5-18(14-19)30-22(33)16(2)25/h4-8,11-12,14-16,24,28-29H,3,9-10,13,25H2,1-2H3,(H,27,32)(H,30,33)(H,31,34)/t16-,24?/m0/s1. The van der Waals surface area contributed by atoms with Crippen LogP contribution in [-0.4, -0.2) is 48.1 Å². The summed E-state index contributed by atoms with van der Waals surface area (Å²) in [6, 6.07) is 10.2. The zero-order valence-electron chi connectivity index (χ0n) is 19.5. The van der Waals surface area contributed by atoms with Gasteiger partial charge in [0.25, 0.3) is 5.91 Å². The number of nitrogens with two attached hydrogens (primary N) is 1. The molecular formula is C24H32N8O2. The number of aliphatic imine (C=N–C) groups is 1. The van der Waals surface area contributed by atoms with Crippen molar-refractivity contribution in [3.8, 4) is 0 Å². The first-order valence-corrected chi connectivity index (χ1v) is 11.3. The third kappa shape index (κ3) is 7.39. The average Bonchev–Trinajstić information content (AvgIpc) is 2.83. The number of amidine groups is 1. The first kappa shape index (κ1) is 24.9. The lowest BCUT2D eigenvalue weighted by atomic mass is 10.2. The molecule has 2 atom stereocenters. The fourth-order valence-electron chi connectivity index (χ4n) is 3.16. The summed E-state index contributed by atoms with van der Waals surface area (Å²) in [7, 11) is 0. The third-order valence-corrected chi connectivity index (χ3v) is 4.99. The fraction of sp³-hybridized carbons (Fsp3) is 0.333. The van der Waals surface area contributed by atoms with Crippen molar-refractivity contribution in [1.82, 2.24) is 20.9 Å². The van der Waals surface area contributed by atoms with E-state index in [1.165, 1.54) is 5.56 Å². The van der Waals surface area contributed by atoms with E-state index in [1.807, 2.05) is 19.1 Å². The number of hydrogen-bond donors (Lipinski definition) is 6. The summed E-state index contributed by atoms with van der Waals surface area (Å²) in [5.74, 6) is -0.106. The van der Waals surface area contributed by atoms with Crippen LogP contribution in [0.3, 0.4) is 0 Å². The van der Waals surface area contributed by atoms with Crippen molar-refractivity contribution in [2.24, 2.45) is 10.7 Å². The van der Waals surface area contributed by atoms with Crippen LogP contribution in [-0.2, 0) is 16.0 Å². The van der Waals surface area contributed by atoms with Gasteiger partial charge in [-0.3, -0.25) is 19.9 Å².